The number of aliphatic hydroxyl groups excluding tert-OH is 1. The number of hydrogen-bond donors (Lipinski definition) is 3. The Bertz CT molecular complexity index is 515. The topological polar surface area (TPSA) is 88.2 Å². The van der Waals surface area contributed by atoms with Crippen LogP contribution in [0.1, 0.15) is 70.6 Å². The molecule has 4 N–H and O–H groups in total. The third kappa shape index (κ3) is 6.40. The maximum absolute atomic E-state index is 12.5. The summed E-state index contributed by atoms with van der Waals surface area (Å²) in [6, 6.07) is 4.60. The number of pyridine rings is 1. The first-order valence-electron chi connectivity index (χ1n) is 9.62. The molecule has 0 spiro atoms. The molecule has 0 saturated heterocycles. The number of aromatic nitrogens is 1. The molecule has 2 rings (SSSR count). The van der Waals surface area contributed by atoms with Crippen LogP contribution in [0.5, 0.6) is 0 Å². The van der Waals surface area contributed by atoms with Gasteiger partial charge in [0.05, 0.1) is 17.8 Å². The Morgan fingerprint density at radius 3 is 2.64 bits per heavy atom. The highest BCUT2D eigenvalue weighted by atomic mass is 16.3. The molecule has 3 atom stereocenters. The van der Waals surface area contributed by atoms with Gasteiger partial charge in [0, 0.05) is 6.20 Å². The zero-order chi connectivity index (χ0) is 18.2. The van der Waals surface area contributed by atoms with Gasteiger partial charge in [0.2, 0.25) is 5.91 Å². The number of aliphatic hydroxyl groups is 1. The molecule has 0 bridgehead atoms. The fraction of sp³-hybridized carbons (Fsp3) is 0.700. The van der Waals surface area contributed by atoms with Crippen molar-refractivity contribution in [2.24, 2.45) is 17.6 Å². The number of amides is 1. The third-order valence-electron chi connectivity index (χ3n) is 5.07. The van der Waals surface area contributed by atoms with Gasteiger partial charge in [0.15, 0.2) is 0 Å². The van der Waals surface area contributed by atoms with E-state index < -0.39 is 12.1 Å². The Morgan fingerprint density at radius 1 is 1.32 bits per heavy atom. The smallest absolute Gasteiger partial charge is 0.237 e. The Balaban J connectivity index is 2.06. The summed E-state index contributed by atoms with van der Waals surface area (Å²) in [4.78, 5) is 16.8. The van der Waals surface area contributed by atoms with Crippen molar-refractivity contribution in [3.63, 3.8) is 0 Å². The number of nitrogens with one attached hydrogen (secondary N) is 1. The molecule has 0 aromatic carbocycles. The van der Waals surface area contributed by atoms with Gasteiger partial charge in [0.1, 0.15) is 6.10 Å². The minimum atomic E-state index is -0.807. The summed E-state index contributed by atoms with van der Waals surface area (Å²) < 4.78 is 0. The standard InChI is InChI=1S/C20H33N3O2/c1-14(2)12-16(21)20(25)23-18(13-15-8-4-3-5-9-15)19(24)17-10-6-7-11-22-17/h6-7,10-11,14-16,18-19,24H,3-5,8-9,12-13,21H2,1-2H3,(H,23,25)/t16-,18-,19-/m0/s1. The van der Waals surface area contributed by atoms with Gasteiger partial charge >= 0.3 is 0 Å². The highest BCUT2D eigenvalue weighted by Gasteiger charge is 2.29. The average molecular weight is 348 g/mol. The summed E-state index contributed by atoms with van der Waals surface area (Å²) in [6.45, 7) is 4.10. The lowest BCUT2D eigenvalue weighted by atomic mass is 9.83. The minimum absolute atomic E-state index is 0.176. The first-order valence-corrected chi connectivity index (χ1v) is 9.62. The number of rotatable bonds is 8. The first kappa shape index (κ1) is 19.9. The monoisotopic (exact) mass is 347 g/mol. The summed E-state index contributed by atoms with van der Waals surface area (Å²) >= 11 is 0. The van der Waals surface area contributed by atoms with E-state index in [0.717, 1.165) is 6.42 Å². The molecule has 0 radical (unpaired) electrons. The first-order chi connectivity index (χ1) is 12.0. The lowest BCUT2D eigenvalue weighted by Gasteiger charge is -2.31. The molecular weight excluding hydrogens is 314 g/mol. The summed E-state index contributed by atoms with van der Waals surface area (Å²) in [6.07, 6.45) is 8.37. The Hall–Kier alpha value is -1.46. The van der Waals surface area contributed by atoms with E-state index in [0.29, 0.717) is 24.0 Å². The SMILES string of the molecule is CC(C)C[C@H](N)C(=O)N[C@@H](CC1CCCCC1)[C@@H](O)c1ccccn1. The molecule has 1 aliphatic rings. The largest absolute Gasteiger partial charge is 0.385 e. The molecule has 1 aromatic heterocycles. The quantitative estimate of drug-likeness (QED) is 0.674. The molecule has 0 unspecified atom stereocenters. The molecule has 1 fully saturated rings. The van der Waals surface area contributed by atoms with Gasteiger partial charge in [-0.3, -0.25) is 9.78 Å². The number of carbonyl (C=O) groups is 1. The Kier molecular flexibility index (Phi) is 7.85. The highest BCUT2D eigenvalue weighted by molar-refractivity contribution is 5.81. The van der Waals surface area contributed by atoms with Crippen molar-refractivity contribution < 1.29 is 9.90 Å². The van der Waals surface area contributed by atoms with Crippen LogP contribution in [-0.4, -0.2) is 28.1 Å². The van der Waals surface area contributed by atoms with Crippen LogP contribution in [0, 0.1) is 11.8 Å². The van der Waals surface area contributed by atoms with E-state index in [4.69, 9.17) is 5.73 Å². The van der Waals surface area contributed by atoms with Crippen molar-refractivity contribution in [1.82, 2.24) is 10.3 Å². The van der Waals surface area contributed by atoms with Crippen LogP contribution in [0.3, 0.4) is 0 Å². The Labute approximate surface area is 151 Å². The van der Waals surface area contributed by atoms with Crippen LogP contribution in [-0.2, 0) is 4.79 Å². The van der Waals surface area contributed by atoms with Crippen molar-refractivity contribution in [2.75, 3.05) is 0 Å². The summed E-state index contributed by atoms with van der Waals surface area (Å²) in [7, 11) is 0. The maximum Gasteiger partial charge on any atom is 0.237 e. The van der Waals surface area contributed by atoms with E-state index in [1.54, 1.807) is 12.3 Å². The average Bonchev–Trinajstić information content (AvgIpc) is 2.61. The number of nitrogens with two attached hydrogens (primary N) is 1. The van der Waals surface area contributed by atoms with Crippen LogP contribution >= 0.6 is 0 Å². The van der Waals surface area contributed by atoms with Crippen molar-refractivity contribution in [1.29, 1.82) is 0 Å². The predicted molar refractivity (Wildman–Crippen MR) is 99.7 cm³/mol. The van der Waals surface area contributed by atoms with Crippen LogP contribution in [0.2, 0.25) is 0 Å². The molecule has 5 heteroatoms. The van der Waals surface area contributed by atoms with E-state index in [9.17, 15) is 9.90 Å². The van der Waals surface area contributed by atoms with E-state index in [2.05, 4.69) is 24.1 Å². The van der Waals surface area contributed by atoms with E-state index in [-0.39, 0.29) is 11.9 Å². The zero-order valence-corrected chi connectivity index (χ0v) is 15.5. The summed E-state index contributed by atoms with van der Waals surface area (Å²) in [5, 5.41) is 13.8. The zero-order valence-electron chi connectivity index (χ0n) is 15.5. The van der Waals surface area contributed by atoms with Gasteiger partial charge in [-0.05, 0) is 36.8 Å². The second kappa shape index (κ2) is 9.88. The van der Waals surface area contributed by atoms with Gasteiger partial charge in [-0.25, -0.2) is 0 Å². The van der Waals surface area contributed by atoms with Gasteiger partial charge in [-0.1, -0.05) is 52.0 Å². The number of nitrogens with zero attached hydrogens (tertiary/aromatic N) is 1. The molecule has 5 nitrogen and oxygen atoms in total. The lowest BCUT2D eigenvalue weighted by Crippen LogP contribution is -2.48. The molecule has 1 amide bonds. The lowest BCUT2D eigenvalue weighted by molar-refractivity contribution is -0.124. The second-order valence-corrected chi connectivity index (χ2v) is 7.79. The van der Waals surface area contributed by atoms with E-state index >= 15 is 0 Å². The number of hydrogen-bond acceptors (Lipinski definition) is 4. The van der Waals surface area contributed by atoms with Crippen molar-refractivity contribution in [3.05, 3.63) is 30.1 Å². The molecule has 1 saturated carbocycles. The van der Waals surface area contributed by atoms with Gasteiger partial charge < -0.3 is 16.2 Å². The van der Waals surface area contributed by atoms with Gasteiger partial charge in [0.25, 0.3) is 0 Å². The fourth-order valence-corrected chi connectivity index (χ4v) is 3.71. The van der Waals surface area contributed by atoms with Crippen molar-refractivity contribution in [2.45, 2.75) is 77.0 Å². The number of carbonyl (C=O) groups excluding carboxylic acids is 1. The minimum Gasteiger partial charge on any atom is -0.385 e. The van der Waals surface area contributed by atoms with E-state index in [1.165, 1.54) is 32.1 Å². The molecule has 1 aromatic rings. The summed E-state index contributed by atoms with van der Waals surface area (Å²) in [5.41, 5.74) is 6.63. The normalized spacial score (nSPS) is 19.4. The maximum atomic E-state index is 12.5. The third-order valence-corrected chi connectivity index (χ3v) is 5.07. The van der Waals surface area contributed by atoms with Gasteiger partial charge in [-0.2, -0.15) is 0 Å². The molecule has 0 aliphatic heterocycles. The van der Waals surface area contributed by atoms with Crippen LogP contribution in [0.25, 0.3) is 0 Å². The molecular formula is C20H33N3O2. The van der Waals surface area contributed by atoms with Crippen molar-refractivity contribution >= 4 is 5.91 Å². The Morgan fingerprint density at radius 2 is 2.04 bits per heavy atom. The fourth-order valence-electron chi connectivity index (χ4n) is 3.71. The van der Waals surface area contributed by atoms with Gasteiger partial charge in [-0.15, -0.1) is 0 Å². The van der Waals surface area contributed by atoms with Crippen LogP contribution in [0.4, 0.5) is 0 Å². The second-order valence-electron chi connectivity index (χ2n) is 7.79. The van der Waals surface area contributed by atoms with Crippen LogP contribution in [0.15, 0.2) is 24.4 Å². The van der Waals surface area contributed by atoms with E-state index in [1.807, 2.05) is 12.1 Å². The molecule has 140 valence electrons. The highest BCUT2D eigenvalue weighted by Crippen LogP contribution is 2.30. The molecule has 1 aliphatic carbocycles. The van der Waals surface area contributed by atoms with Crippen LogP contribution < -0.4 is 11.1 Å². The predicted octanol–water partition coefficient (Wildman–Crippen LogP) is 2.94. The van der Waals surface area contributed by atoms with Crippen molar-refractivity contribution in [3.8, 4) is 0 Å². The molecule has 25 heavy (non-hydrogen) atoms. The molecule has 1 heterocycles. The summed E-state index contributed by atoms with van der Waals surface area (Å²) in [5.74, 6) is 0.724.